The van der Waals surface area contributed by atoms with Crippen LogP contribution in [0.15, 0.2) is 66.9 Å². The van der Waals surface area contributed by atoms with Crippen LogP contribution in [0.2, 0.25) is 0 Å². The number of carbonyl (C=O) groups excluding carboxylic acids is 1. The molecule has 1 unspecified atom stereocenters. The van der Waals surface area contributed by atoms with Gasteiger partial charge in [0, 0.05) is 37.6 Å². The first-order chi connectivity index (χ1) is 19.0. The molecule has 0 N–H and O–H groups in total. The Balaban J connectivity index is 1.58. The van der Waals surface area contributed by atoms with E-state index in [0.29, 0.717) is 11.5 Å². The van der Waals surface area contributed by atoms with E-state index in [4.69, 9.17) is 19.4 Å². The maximum absolute atomic E-state index is 12.1. The first kappa shape index (κ1) is 24.9. The van der Waals surface area contributed by atoms with Crippen LogP contribution in [0, 0.1) is 12.8 Å². The van der Waals surface area contributed by atoms with Crippen LogP contribution in [0.25, 0.3) is 33.8 Å². The van der Waals surface area contributed by atoms with Crippen LogP contribution in [0.1, 0.15) is 40.5 Å². The summed E-state index contributed by atoms with van der Waals surface area (Å²) in [5.74, 6) is 0.772. The zero-order chi connectivity index (χ0) is 26.9. The van der Waals surface area contributed by atoms with Gasteiger partial charge in [0.25, 0.3) is 0 Å². The Labute approximate surface area is 226 Å². The van der Waals surface area contributed by atoms with Gasteiger partial charge < -0.3 is 14.0 Å². The summed E-state index contributed by atoms with van der Waals surface area (Å²) in [6.07, 6.45) is 3.76. The third kappa shape index (κ3) is 4.59. The Bertz CT molecular complexity index is 1600. The third-order valence-corrected chi connectivity index (χ3v) is 7.49. The summed E-state index contributed by atoms with van der Waals surface area (Å²) in [4.78, 5) is 22.2. The molecule has 6 rings (SSSR count). The third-order valence-electron chi connectivity index (χ3n) is 7.49. The maximum Gasteiger partial charge on any atom is 0.337 e. The number of nitrogens with zero attached hydrogens (tertiary/aromatic N) is 6. The van der Waals surface area contributed by atoms with E-state index >= 15 is 0 Å². The summed E-state index contributed by atoms with van der Waals surface area (Å²) in [5, 5.41) is 8.38. The minimum atomic E-state index is -0.370. The molecule has 0 radical (unpaired) electrons. The molecule has 4 heterocycles. The fourth-order valence-corrected chi connectivity index (χ4v) is 5.62. The Morgan fingerprint density at radius 3 is 2.46 bits per heavy atom. The van der Waals surface area contributed by atoms with Gasteiger partial charge in [0.05, 0.1) is 30.1 Å². The Kier molecular flexibility index (Phi) is 6.66. The van der Waals surface area contributed by atoms with Crippen molar-refractivity contribution in [2.45, 2.75) is 25.8 Å². The van der Waals surface area contributed by atoms with Crippen molar-refractivity contribution < 1.29 is 14.3 Å². The molecule has 0 bridgehead atoms. The highest BCUT2D eigenvalue weighted by Crippen LogP contribution is 2.39. The lowest BCUT2D eigenvalue weighted by molar-refractivity contribution is 0.0548. The average molecular weight is 523 g/mol. The number of aromatic nitrogens is 6. The Hall–Kier alpha value is -4.37. The fourth-order valence-electron chi connectivity index (χ4n) is 5.62. The van der Waals surface area contributed by atoms with Crippen LogP contribution in [0.5, 0.6) is 0 Å². The van der Waals surface area contributed by atoms with Gasteiger partial charge in [0.2, 0.25) is 0 Å². The Morgan fingerprint density at radius 2 is 1.79 bits per heavy atom. The molecule has 0 aliphatic carbocycles. The number of rotatable bonds is 6. The van der Waals surface area contributed by atoms with Gasteiger partial charge in [-0.05, 0) is 49.4 Å². The SMILES string of the molecule is COC(=O)c1ccc(-c2nc3cc(-c4c(C)nnn4C)cnc3n2C(c2ccccc2)C2CCOCC2)cc1. The molecule has 1 atom stereocenters. The molecule has 0 saturated carbocycles. The van der Waals surface area contributed by atoms with Crippen molar-refractivity contribution in [1.82, 2.24) is 29.5 Å². The number of aryl methyl sites for hydroxylation is 2. The molecule has 1 aliphatic rings. The van der Waals surface area contributed by atoms with Gasteiger partial charge in [-0.2, -0.15) is 0 Å². The number of hydrogen-bond donors (Lipinski definition) is 0. The lowest BCUT2D eigenvalue weighted by Crippen LogP contribution is -2.27. The van der Waals surface area contributed by atoms with Crippen LogP contribution in [-0.4, -0.2) is 55.8 Å². The van der Waals surface area contributed by atoms with Crippen LogP contribution in [0.4, 0.5) is 0 Å². The molecule has 1 fully saturated rings. The van der Waals surface area contributed by atoms with Crippen molar-refractivity contribution in [3.8, 4) is 22.6 Å². The molecular weight excluding hydrogens is 492 g/mol. The fraction of sp³-hybridized carbons (Fsp3) is 0.300. The van der Waals surface area contributed by atoms with Crippen molar-refractivity contribution in [3.05, 3.63) is 83.7 Å². The van der Waals surface area contributed by atoms with E-state index in [9.17, 15) is 4.79 Å². The van der Waals surface area contributed by atoms with Crippen LogP contribution in [-0.2, 0) is 16.5 Å². The summed E-state index contributed by atoms with van der Waals surface area (Å²) in [7, 11) is 3.26. The quantitative estimate of drug-likeness (QED) is 0.289. The van der Waals surface area contributed by atoms with E-state index < -0.39 is 0 Å². The van der Waals surface area contributed by atoms with E-state index in [1.165, 1.54) is 12.7 Å². The van der Waals surface area contributed by atoms with Crippen molar-refractivity contribution in [3.63, 3.8) is 0 Å². The van der Waals surface area contributed by atoms with Crippen LogP contribution in [0.3, 0.4) is 0 Å². The molecule has 198 valence electrons. The largest absolute Gasteiger partial charge is 0.465 e. The van der Waals surface area contributed by atoms with E-state index in [0.717, 1.165) is 65.6 Å². The van der Waals surface area contributed by atoms with Crippen LogP contribution < -0.4 is 0 Å². The van der Waals surface area contributed by atoms with Gasteiger partial charge in [-0.15, -0.1) is 5.10 Å². The predicted octanol–water partition coefficient (Wildman–Crippen LogP) is 5.00. The molecule has 39 heavy (non-hydrogen) atoms. The molecule has 0 amide bonds. The molecule has 1 aliphatic heterocycles. The first-order valence-electron chi connectivity index (χ1n) is 13.1. The number of hydrogen-bond acceptors (Lipinski definition) is 7. The van der Waals surface area contributed by atoms with E-state index in [1.54, 1.807) is 16.8 Å². The molecule has 2 aromatic carbocycles. The standard InChI is InChI=1S/C30H30N6O3/c1-19-26(35(2)34-33-19)24-17-25-29(31-18-24)36(28(32-25)22-9-11-23(12-10-22)30(37)38-3)27(20-7-5-4-6-8-20)21-13-15-39-16-14-21/h4-12,17-18,21,27H,13-16H2,1-3H3. The van der Waals surface area contributed by atoms with Crippen molar-refractivity contribution in [2.75, 3.05) is 20.3 Å². The van der Waals surface area contributed by atoms with E-state index in [-0.39, 0.29) is 12.0 Å². The van der Waals surface area contributed by atoms with Gasteiger partial charge in [0.1, 0.15) is 11.3 Å². The Morgan fingerprint density at radius 1 is 1.05 bits per heavy atom. The molecule has 0 spiro atoms. The topological polar surface area (TPSA) is 97.0 Å². The lowest BCUT2D eigenvalue weighted by Gasteiger charge is -2.33. The van der Waals surface area contributed by atoms with Crippen molar-refractivity contribution >= 4 is 17.1 Å². The number of benzene rings is 2. The minimum Gasteiger partial charge on any atom is -0.465 e. The second-order valence-corrected chi connectivity index (χ2v) is 9.89. The zero-order valence-corrected chi connectivity index (χ0v) is 22.2. The lowest BCUT2D eigenvalue weighted by atomic mass is 9.86. The van der Waals surface area contributed by atoms with E-state index in [2.05, 4.69) is 45.2 Å². The number of fused-ring (bicyclic) bond motifs is 1. The number of imidazole rings is 1. The van der Waals surface area contributed by atoms with Crippen molar-refractivity contribution in [1.29, 1.82) is 0 Å². The molecule has 3 aromatic heterocycles. The van der Waals surface area contributed by atoms with Gasteiger partial charge in [0.15, 0.2) is 5.65 Å². The second kappa shape index (κ2) is 10.4. The smallest absolute Gasteiger partial charge is 0.337 e. The number of ether oxygens (including phenoxy) is 2. The summed E-state index contributed by atoms with van der Waals surface area (Å²) in [6.45, 7) is 3.40. The highest BCUT2D eigenvalue weighted by molar-refractivity contribution is 5.90. The normalized spacial score (nSPS) is 14.9. The monoisotopic (exact) mass is 522 g/mol. The molecule has 9 nitrogen and oxygen atoms in total. The van der Waals surface area contributed by atoms with Gasteiger partial charge in [-0.3, -0.25) is 0 Å². The number of pyridine rings is 1. The average Bonchev–Trinajstić information content (AvgIpc) is 3.52. The second-order valence-electron chi connectivity index (χ2n) is 9.89. The highest BCUT2D eigenvalue weighted by atomic mass is 16.5. The number of carbonyl (C=O) groups is 1. The maximum atomic E-state index is 12.1. The number of esters is 1. The van der Waals surface area contributed by atoms with Crippen molar-refractivity contribution in [2.24, 2.45) is 13.0 Å². The molecule has 9 heteroatoms. The minimum absolute atomic E-state index is 0.00818. The molecule has 5 aromatic rings. The van der Waals surface area contributed by atoms with Gasteiger partial charge in [-0.1, -0.05) is 47.7 Å². The summed E-state index contributed by atoms with van der Waals surface area (Å²) in [5.41, 5.74) is 6.84. The summed E-state index contributed by atoms with van der Waals surface area (Å²) in [6, 6.07) is 20.0. The summed E-state index contributed by atoms with van der Waals surface area (Å²) < 4.78 is 14.7. The predicted molar refractivity (Wildman–Crippen MR) is 147 cm³/mol. The first-order valence-corrected chi connectivity index (χ1v) is 13.1. The summed E-state index contributed by atoms with van der Waals surface area (Å²) >= 11 is 0. The zero-order valence-electron chi connectivity index (χ0n) is 22.2. The van der Waals surface area contributed by atoms with Crippen LogP contribution >= 0.6 is 0 Å². The van der Waals surface area contributed by atoms with Gasteiger partial charge in [-0.25, -0.2) is 19.4 Å². The highest BCUT2D eigenvalue weighted by Gasteiger charge is 2.31. The molecular formula is C30H30N6O3. The number of methoxy groups -OCH3 is 1. The van der Waals surface area contributed by atoms with E-state index in [1.807, 2.05) is 38.4 Å². The molecule has 1 saturated heterocycles. The van der Waals surface area contributed by atoms with Gasteiger partial charge >= 0.3 is 5.97 Å².